The van der Waals surface area contributed by atoms with Crippen LogP contribution in [0, 0.1) is 0 Å². The molecule has 0 aliphatic carbocycles. The Hall–Kier alpha value is -7.49. The first-order chi connectivity index (χ1) is 32.7. The van der Waals surface area contributed by atoms with E-state index in [4.69, 9.17) is 0 Å². The minimum Gasteiger partial charge on any atom is -0.354 e. The van der Waals surface area contributed by atoms with Crippen molar-refractivity contribution in [3.05, 3.63) is 45.6 Å². The molecule has 0 aromatic carbocycles. The number of aromatic nitrogens is 16. The van der Waals surface area contributed by atoms with E-state index in [0.29, 0.717) is 0 Å². The number of alkyl halides is 24. The van der Waals surface area contributed by atoms with Crippen molar-refractivity contribution in [1.29, 1.82) is 0 Å². The molecule has 1 radical (unpaired) electrons. The van der Waals surface area contributed by atoms with Crippen LogP contribution in [0.5, 0.6) is 0 Å². The first-order valence-corrected chi connectivity index (χ1v) is 17.7. The van der Waals surface area contributed by atoms with Crippen LogP contribution >= 0.6 is 0 Å². The molecule has 2 aliphatic rings. The molecule has 9 rings (SSSR count). The van der Waals surface area contributed by atoms with Crippen LogP contribution in [0.3, 0.4) is 0 Å². The Morgan fingerprint density at radius 2 is 0.370 bits per heavy atom. The van der Waals surface area contributed by atoms with Gasteiger partial charge in [0.15, 0.2) is 57.2 Å². The van der Waals surface area contributed by atoms with Crippen LogP contribution in [-0.4, -0.2) is 69.8 Å². The third-order valence-electron chi connectivity index (χ3n) is 9.12. The molecule has 0 amide bonds. The summed E-state index contributed by atoms with van der Waals surface area (Å²) in [5.41, 5.74) is -43.8. The van der Waals surface area contributed by atoms with Gasteiger partial charge >= 0.3 is 66.2 Å². The third kappa shape index (κ3) is 8.88. The van der Waals surface area contributed by atoms with Crippen LogP contribution in [0.4, 0.5) is 105 Å². The Bertz CT molecular complexity index is 3420. The van der Waals surface area contributed by atoms with Gasteiger partial charge in [0.2, 0.25) is 0 Å². The molecule has 2 aliphatic heterocycles. The van der Waals surface area contributed by atoms with Crippen LogP contribution in [0.15, 0.2) is 0 Å². The van der Waals surface area contributed by atoms with E-state index >= 15 is 0 Å². The summed E-state index contributed by atoms with van der Waals surface area (Å²) in [6.07, 6.45) is -49.4. The fourth-order valence-electron chi connectivity index (χ4n) is 6.42. The van der Waals surface area contributed by atoms with Gasteiger partial charge in [0.1, 0.15) is 56.5 Å². The third-order valence-corrected chi connectivity index (χ3v) is 9.12. The predicted octanol–water partition coefficient (Wildman–Crippen LogP) is 9.44. The minimum atomic E-state index is -6.17. The molecule has 9 heterocycles. The Balaban J connectivity index is 0.00000711. The minimum absolute atomic E-state index is 0. The van der Waals surface area contributed by atoms with E-state index in [9.17, 15) is 105 Å². The summed E-state index contributed by atoms with van der Waals surface area (Å²) in [5.74, 6) is -6.65. The van der Waals surface area contributed by atoms with Crippen LogP contribution in [0.2, 0.25) is 0 Å². The van der Waals surface area contributed by atoms with Gasteiger partial charge in [-0.15, -0.1) is 0 Å². The van der Waals surface area contributed by atoms with Gasteiger partial charge < -0.3 is 24.9 Å². The summed E-state index contributed by atoms with van der Waals surface area (Å²) in [4.78, 5) is 49.9. The molecule has 0 fully saturated rings. The van der Waals surface area contributed by atoms with E-state index in [1.54, 1.807) is 0 Å². The van der Waals surface area contributed by atoms with E-state index in [1.807, 2.05) is 0 Å². The molecule has 0 N–H and O–H groups in total. The molecule has 0 unspecified atom stereocenters. The number of hydrogen-bond donors (Lipinski definition) is 0. The Morgan fingerprint density at radius 1 is 0.205 bits per heavy atom. The molecule has 0 saturated heterocycles. The monoisotopic (exact) mass is 1120 g/mol. The number of halogens is 24. The first kappa shape index (κ1) is 51.8. The second-order valence-corrected chi connectivity index (χ2v) is 13.9. The van der Waals surface area contributed by atoms with E-state index in [2.05, 4.69) is 79.7 Å². The molecule has 0 saturated carbocycles. The Labute approximate surface area is 387 Å². The Kier molecular flexibility index (Phi) is 11.2. The van der Waals surface area contributed by atoms with Crippen molar-refractivity contribution in [2.75, 3.05) is 0 Å². The van der Waals surface area contributed by atoms with E-state index in [-0.39, 0.29) is 16.8 Å². The molecule has 16 nitrogen and oxygen atoms in total. The molecule has 73 heavy (non-hydrogen) atoms. The zero-order valence-corrected chi connectivity index (χ0v) is 33.6. The summed E-state index contributed by atoms with van der Waals surface area (Å²) in [5, 5.41) is 0. The molecule has 385 valence electrons. The summed E-state index contributed by atoms with van der Waals surface area (Å²) >= 11 is 0. The van der Waals surface area contributed by atoms with Crippen molar-refractivity contribution in [2.45, 2.75) is 49.4 Å². The summed E-state index contributed by atoms with van der Waals surface area (Å²) in [6, 6.07) is 0. The second-order valence-electron chi connectivity index (χ2n) is 13.9. The van der Waals surface area contributed by atoms with Crippen LogP contribution in [0.25, 0.3) is 90.7 Å². The topological polar surface area (TPSA) is 209 Å². The number of hydrogen-bond acceptors (Lipinski definition) is 14. The summed E-state index contributed by atoms with van der Waals surface area (Å²) < 4.78 is 340. The van der Waals surface area contributed by atoms with Crippen molar-refractivity contribution in [1.82, 2.24) is 79.7 Å². The van der Waals surface area contributed by atoms with E-state index < -0.39 is 186 Å². The summed E-state index contributed by atoms with van der Waals surface area (Å²) in [7, 11) is 0. The largest absolute Gasteiger partial charge is 2.00 e. The fourth-order valence-corrected chi connectivity index (χ4v) is 6.42. The summed E-state index contributed by atoms with van der Waals surface area (Å²) in [6.45, 7) is 0. The molecule has 7 aromatic rings. The van der Waals surface area contributed by atoms with Gasteiger partial charge in [-0.1, -0.05) is 0 Å². The number of fused-ring (bicyclic) bond motifs is 20. The van der Waals surface area contributed by atoms with Crippen molar-refractivity contribution < 1.29 is 122 Å². The van der Waals surface area contributed by atoms with Crippen molar-refractivity contribution >= 4 is 44.7 Å². The van der Waals surface area contributed by atoms with Gasteiger partial charge in [-0.2, -0.15) is 105 Å². The number of rotatable bonds is 0. The SMILES string of the molecule is FC(F)(F)c1nc2c(nc1C(F)(F)F)-c1nc-2nc2nc(nc3[n-]c(nc4[n-]c(n1)c1nc(C(F)(F)F)c(C(F)(F)F)nc41)c1nc(C(F)(F)F)c(C(F)(F)F)nc31)-c1nc(C(F)(F)F)c(C(F)(F)F)nc1-2.[Co+2]. The molecule has 0 spiro atoms. The quantitative estimate of drug-likeness (QED) is 0.130. The Morgan fingerprint density at radius 3 is 0.562 bits per heavy atom. The zero-order valence-electron chi connectivity index (χ0n) is 32.6. The second kappa shape index (κ2) is 15.8. The number of nitrogens with zero attached hydrogens (tertiary/aromatic N) is 16. The average molecular weight is 1120 g/mol. The molecular formula is C32CoF24N16. The van der Waals surface area contributed by atoms with Crippen LogP contribution in [0.1, 0.15) is 45.6 Å². The van der Waals surface area contributed by atoms with Gasteiger partial charge in [0, 0.05) is 22.6 Å². The first-order valence-electron chi connectivity index (χ1n) is 17.7. The van der Waals surface area contributed by atoms with E-state index in [1.165, 1.54) is 0 Å². The molecular weight excluding hydrogens is 1120 g/mol. The predicted molar refractivity (Wildman–Crippen MR) is 176 cm³/mol. The average Bonchev–Trinajstić information content (AvgIpc) is 3.94. The van der Waals surface area contributed by atoms with Crippen molar-refractivity contribution in [3.8, 4) is 46.1 Å². The van der Waals surface area contributed by atoms with Gasteiger partial charge in [-0.25, -0.2) is 54.8 Å². The van der Waals surface area contributed by atoms with Crippen LogP contribution < -0.4 is 9.97 Å². The molecule has 7 aromatic heterocycles. The van der Waals surface area contributed by atoms with Gasteiger partial charge in [0.25, 0.3) is 0 Å². The van der Waals surface area contributed by atoms with Gasteiger partial charge in [-0.3, -0.25) is 0 Å². The fraction of sp³-hybridized carbons (Fsp3) is 0.250. The van der Waals surface area contributed by atoms with Crippen molar-refractivity contribution in [2.24, 2.45) is 0 Å². The van der Waals surface area contributed by atoms with Gasteiger partial charge in [0.05, 0.1) is 0 Å². The molecule has 41 heteroatoms. The van der Waals surface area contributed by atoms with E-state index in [0.717, 1.165) is 0 Å². The molecule has 8 bridgehead atoms. The normalized spacial score (nSPS) is 13.9. The van der Waals surface area contributed by atoms with Crippen LogP contribution in [-0.2, 0) is 66.2 Å². The maximum Gasteiger partial charge on any atom is 2.00 e. The molecule has 0 atom stereocenters. The maximum atomic E-state index is 14.2. The van der Waals surface area contributed by atoms with Gasteiger partial charge in [-0.05, 0) is 0 Å². The smallest absolute Gasteiger partial charge is 0.354 e. The maximum absolute atomic E-state index is 14.2. The van der Waals surface area contributed by atoms with Crippen molar-refractivity contribution in [3.63, 3.8) is 0 Å². The zero-order chi connectivity index (χ0) is 53.2. The standard InChI is InChI=1S/C32F24N16.Co/c33-25(34,35)9-10(26(36,37)38)58-2-1(57-9)17-65-18(2)70-20-5-6(62-14(30(48,49)50)13(61-5)29(45,46)47)22(67-20)72-24-8-7(63-15(31(51,52)53)16(64-8)32(54,55)56)23(68-24)71-21-4-3(19(66-21)69-17)59-11(27(39,40)41)12(60-4)28(42,43)44;/q-2;+2.